The number of halogens is 1. The normalized spacial score (nSPS) is 13.7. The smallest absolute Gasteiger partial charge is 0.298 e. The van der Waals surface area contributed by atoms with Crippen LogP contribution in [0.25, 0.3) is 11.4 Å². The first-order chi connectivity index (χ1) is 11.0. The van der Waals surface area contributed by atoms with Gasteiger partial charge >= 0.3 is 0 Å². The van der Waals surface area contributed by atoms with Gasteiger partial charge in [-0.15, -0.1) is 0 Å². The Morgan fingerprint density at radius 1 is 1.43 bits per heavy atom. The van der Waals surface area contributed by atoms with Crippen molar-refractivity contribution in [2.24, 2.45) is 4.99 Å². The molecule has 0 spiro atoms. The Bertz CT molecular complexity index is 795. The van der Waals surface area contributed by atoms with Crippen molar-refractivity contribution >= 4 is 11.7 Å². The minimum Gasteiger partial charge on any atom is -0.491 e. The molecule has 0 saturated heterocycles. The number of fused-ring (bicyclic) bond motifs is 3. The van der Waals surface area contributed by atoms with Crippen LogP contribution in [0.2, 0.25) is 0 Å². The molecule has 1 aromatic heterocycles. The molecule has 1 aliphatic rings. The van der Waals surface area contributed by atoms with Crippen LogP contribution in [0, 0.1) is 5.82 Å². The number of nitrogens with zero attached hydrogens (tertiary/aromatic N) is 4. The number of aliphatic imine (C=N–C) groups is 1. The van der Waals surface area contributed by atoms with Gasteiger partial charge < -0.3 is 14.2 Å². The summed E-state index contributed by atoms with van der Waals surface area (Å²) in [4.78, 5) is 22.4. The van der Waals surface area contributed by atoms with Crippen molar-refractivity contribution < 1.29 is 13.9 Å². The van der Waals surface area contributed by atoms with Gasteiger partial charge in [0.25, 0.3) is 5.91 Å². The average Bonchev–Trinajstić information content (AvgIpc) is 2.85. The van der Waals surface area contributed by atoms with Gasteiger partial charge in [-0.3, -0.25) is 4.79 Å². The fraction of sp³-hybridized carbons (Fsp3) is 0.312. The lowest BCUT2D eigenvalue weighted by Gasteiger charge is -2.09. The maximum Gasteiger partial charge on any atom is 0.298 e. The molecule has 0 atom stereocenters. The van der Waals surface area contributed by atoms with E-state index < -0.39 is 5.91 Å². The van der Waals surface area contributed by atoms with E-state index in [1.54, 1.807) is 28.7 Å². The Labute approximate surface area is 133 Å². The molecule has 1 amide bonds. The van der Waals surface area contributed by atoms with Crippen LogP contribution in [0.1, 0.15) is 17.4 Å². The lowest BCUT2D eigenvalue weighted by molar-refractivity contribution is 0.0997. The van der Waals surface area contributed by atoms with Crippen LogP contribution >= 0.6 is 0 Å². The Kier molecular flexibility index (Phi) is 3.85. The molecule has 3 rings (SSSR count). The van der Waals surface area contributed by atoms with E-state index in [4.69, 9.17) is 4.74 Å². The number of carbonyl (C=O) groups is 1. The summed E-state index contributed by atoms with van der Waals surface area (Å²) in [5.74, 6) is 0.863. The molecule has 0 bridgehead atoms. The number of amidine groups is 1. The fourth-order valence-corrected chi connectivity index (χ4v) is 2.27. The van der Waals surface area contributed by atoms with Gasteiger partial charge in [0.2, 0.25) is 0 Å². The van der Waals surface area contributed by atoms with Crippen LogP contribution in [0.4, 0.5) is 4.39 Å². The number of aromatic nitrogens is 2. The average molecular weight is 316 g/mol. The molecular weight excluding hydrogens is 299 g/mol. The van der Waals surface area contributed by atoms with Gasteiger partial charge in [-0.05, 0) is 25.1 Å². The minimum atomic E-state index is -0.421. The van der Waals surface area contributed by atoms with Crippen LogP contribution in [-0.2, 0) is 6.54 Å². The number of imidazole rings is 1. The van der Waals surface area contributed by atoms with Gasteiger partial charge in [0.15, 0.2) is 0 Å². The molecule has 0 radical (unpaired) electrons. The third-order valence-electron chi connectivity index (χ3n) is 3.68. The van der Waals surface area contributed by atoms with E-state index >= 15 is 0 Å². The van der Waals surface area contributed by atoms with Gasteiger partial charge in [0.1, 0.15) is 35.5 Å². The fourth-order valence-electron chi connectivity index (χ4n) is 2.27. The van der Waals surface area contributed by atoms with Gasteiger partial charge in [0.05, 0.1) is 12.1 Å². The Balaban J connectivity index is 2.03. The molecule has 1 aliphatic heterocycles. The highest BCUT2D eigenvalue weighted by atomic mass is 19.1. The largest absolute Gasteiger partial charge is 0.491 e. The molecule has 2 heterocycles. The highest BCUT2D eigenvalue weighted by molar-refractivity contribution is 6.01. The maximum atomic E-state index is 13.6. The number of ether oxygens (including phenoxy) is 1. The van der Waals surface area contributed by atoms with E-state index in [1.807, 2.05) is 14.1 Å². The molecule has 0 unspecified atom stereocenters. The number of hydrogen-bond donors (Lipinski definition) is 0. The number of rotatable bonds is 1. The highest BCUT2D eigenvalue weighted by Crippen LogP contribution is 2.32. The van der Waals surface area contributed by atoms with E-state index in [2.05, 4.69) is 9.98 Å². The molecule has 0 saturated carbocycles. The first kappa shape index (κ1) is 15.2. The van der Waals surface area contributed by atoms with Crippen molar-refractivity contribution in [2.45, 2.75) is 13.5 Å². The third kappa shape index (κ3) is 2.94. The number of benzene rings is 1. The monoisotopic (exact) mass is 316 g/mol. The number of hydrogen-bond acceptors (Lipinski definition) is 3. The van der Waals surface area contributed by atoms with E-state index in [0.29, 0.717) is 36.1 Å². The van der Waals surface area contributed by atoms with E-state index in [1.165, 1.54) is 12.1 Å². The highest BCUT2D eigenvalue weighted by Gasteiger charge is 2.21. The zero-order chi connectivity index (χ0) is 16.6. The van der Waals surface area contributed by atoms with E-state index in [9.17, 15) is 9.18 Å². The number of carbonyl (C=O) groups excluding carboxylic acids is 1. The zero-order valence-electron chi connectivity index (χ0n) is 13.2. The van der Waals surface area contributed by atoms with Gasteiger partial charge in [-0.25, -0.2) is 9.37 Å². The van der Waals surface area contributed by atoms with Crippen LogP contribution in [0.5, 0.6) is 5.75 Å². The van der Waals surface area contributed by atoms with Crippen LogP contribution in [0.15, 0.2) is 29.4 Å². The van der Waals surface area contributed by atoms with Crippen LogP contribution < -0.4 is 4.74 Å². The van der Waals surface area contributed by atoms with Crippen molar-refractivity contribution in [1.29, 1.82) is 0 Å². The first-order valence-electron chi connectivity index (χ1n) is 7.22. The first-order valence-corrected chi connectivity index (χ1v) is 7.22. The molecule has 1 aromatic carbocycles. The summed E-state index contributed by atoms with van der Waals surface area (Å²) in [5.41, 5.74) is 0.771. The van der Waals surface area contributed by atoms with Crippen molar-refractivity contribution in [1.82, 2.24) is 14.5 Å². The van der Waals surface area contributed by atoms with E-state index in [0.717, 1.165) is 0 Å². The second-order valence-corrected chi connectivity index (χ2v) is 5.49. The third-order valence-corrected chi connectivity index (χ3v) is 3.68. The summed E-state index contributed by atoms with van der Waals surface area (Å²) in [6.45, 7) is 2.70. The molecule has 0 N–H and O–H groups in total. The van der Waals surface area contributed by atoms with Crippen LogP contribution in [-0.4, -0.2) is 46.9 Å². The molecular formula is C16H17FN4O2. The van der Waals surface area contributed by atoms with Crippen molar-refractivity contribution in [3.63, 3.8) is 0 Å². The van der Waals surface area contributed by atoms with Crippen LogP contribution in [0.3, 0.4) is 0 Å². The summed E-state index contributed by atoms with van der Waals surface area (Å²) in [6.07, 6.45) is 1.63. The van der Waals surface area contributed by atoms with Gasteiger partial charge in [-0.2, -0.15) is 4.99 Å². The van der Waals surface area contributed by atoms with E-state index in [-0.39, 0.29) is 11.5 Å². The molecule has 120 valence electrons. The second-order valence-electron chi connectivity index (χ2n) is 5.49. The summed E-state index contributed by atoms with van der Waals surface area (Å²) < 4.78 is 20.9. The van der Waals surface area contributed by atoms with Crippen molar-refractivity contribution in [3.05, 3.63) is 35.9 Å². The summed E-state index contributed by atoms with van der Waals surface area (Å²) in [5, 5.41) is 0. The standard InChI is InChI=1S/C16H17FN4O2/c1-10(20(2)3)18-16(22)13-9-21-6-7-23-14-5-4-11(17)8-12(14)15(21)19-13/h4-5,8-9H,6-7H2,1-3H3. The summed E-state index contributed by atoms with van der Waals surface area (Å²) in [6, 6.07) is 4.28. The molecule has 7 heteroatoms. The quantitative estimate of drug-likeness (QED) is 0.598. The second kappa shape index (κ2) is 5.83. The Hall–Kier alpha value is -2.70. The lowest BCUT2D eigenvalue weighted by atomic mass is 10.2. The molecule has 6 nitrogen and oxygen atoms in total. The minimum absolute atomic E-state index is 0.235. The van der Waals surface area contributed by atoms with Gasteiger partial charge in [-0.1, -0.05) is 0 Å². The summed E-state index contributed by atoms with van der Waals surface area (Å²) >= 11 is 0. The molecule has 23 heavy (non-hydrogen) atoms. The maximum absolute atomic E-state index is 13.6. The predicted molar refractivity (Wildman–Crippen MR) is 84.2 cm³/mol. The molecule has 0 aliphatic carbocycles. The van der Waals surface area contributed by atoms with Gasteiger partial charge in [0, 0.05) is 20.3 Å². The van der Waals surface area contributed by atoms with Crippen molar-refractivity contribution in [3.8, 4) is 17.1 Å². The topological polar surface area (TPSA) is 59.7 Å². The van der Waals surface area contributed by atoms with Crippen molar-refractivity contribution in [2.75, 3.05) is 20.7 Å². The zero-order valence-corrected chi connectivity index (χ0v) is 13.2. The number of amides is 1. The summed E-state index contributed by atoms with van der Waals surface area (Å²) in [7, 11) is 3.62. The Morgan fingerprint density at radius 2 is 2.22 bits per heavy atom. The molecule has 0 fully saturated rings. The molecule has 2 aromatic rings. The lowest BCUT2D eigenvalue weighted by Crippen LogP contribution is -2.20. The Morgan fingerprint density at radius 3 is 2.96 bits per heavy atom. The predicted octanol–water partition coefficient (Wildman–Crippen LogP) is 2.20. The SMILES string of the molecule is CC(=NC(=O)c1cn2c(n1)-c1cc(F)ccc1OCC2)N(C)C.